The van der Waals surface area contributed by atoms with E-state index in [0.717, 1.165) is 0 Å². The van der Waals surface area contributed by atoms with Gasteiger partial charge in [0.25, 0.3) is 6.43 Å². The van der Waals surface area contributed by atoms with E-state index in [1.807, 2.05) is 0 Å². The van der Waals surface area contributed by atoms with Crippen LogP contribution in [-0.4, -0.2) is 4.98 Å². The molecule has 16 heavy (non-hydrogen) atoms. The van der Waals surface area contributed by atoms with Crippen LogP contribution in [0.2, 0.25) is 0 Å². The summed E-state index contributed by atoms with van der Waals surface area (Å²) >= 11 is 0. The van der Waals surface area contributed by atoms with Gasteiger partial charge in [0.2, 0.25) is 0 Å². The van der Waals surface area contributed by atoms with Gasteiger partial charge in [-0.15, -0.1) is 0 Å². The van der Waals surface area contributed by atoms with Crippen LogP contribution in [0, 0.1) is 11.3 Å². The number of rotatable bonds is 1. The third-order valence-electron chi connectivity index (χ3n) is 1.75. The Morgan fingerprint density at radius 2 is 1.94 bits per heavy atom. The van der Waals surface area contributed by atoms with Crippen LogP contribution >= 0.6 is 0 Å². The Kier molecular flexibility index (Phi) is 2.98. The first kappa shape index (κ1) is 12.2. The number of anilines is 1. The van der Waals surface area contributed by atoms with Gasteiger partial charge >= 0.3 is 6.18 Å². The minimum atomic E-state index is -5.05. The molecule has 1 heterocycles. The lowest BCUT2D eigenvalue weighted by molar-refractivity contribution is -0.138. The number of hydrogen-bond acceptors (Lipinski definition) is 3. The number of alkyl halides is 5. The average Bonchev–Trinajstić information content (AvgIpc) is 2.15. The standard InChI is InChI=1S/C8H4F5N3/c9-7(10)5-4(1-14)16-2-3(15)6(5)8(11,12)13/h2,7H,15H2. The summed E-state index contributed by atoms with van der Waals surface area (Å²) in [6, 6.07) is 1.17. The number of nitriles is 1. The number of halogens is 5. The Morgan fingerprint density at radius 1 is 1.38 bits per heavy atom. The summed E-state index contributed by atoms with van der Waals surface area (Å²) in [6.07, 6.45) is -7.99. The van der Waals surface area contributed by atoms with Crippen LogP contribution in [0.3, 0.4) is 0 Å². The van der Waals surface area contributed by atoms with Crippen molar-refractivity contribution in [2.45, 2.75) is 12.6 Å². The minimum absolute atomic E-state index is 0.535. The molecule has 0 aliphatic carbocycles. The fraction of sp³-hybridized carbons (Fsp3) is 0.250. The van der Waals surface area contributed by atoms with Crippen molar-refractivity contribution < 1.29 is 22.0 Å². The molecule has 1 rings (SSSR count). The Hall–Kier alpha value is -1.91. The molecule has 8 heteroatoms. The van der Waals surface area contributed by atoms with Crippen molar-refractivity contribution >= 4 is 5.69 Å². The van der Waals surface area contributed by atoms with Crippen LogP contribution in [0.4, 0.5) is 27.6 Å². The number of nitrogens with two attached hydrogens (primary N) is 1. The molecule has 3 nitrogen and oxygen atoms in total. The molecule has 86 valence electrons. The molecule has 0 atom stereocenters. The maximum atomic E-state index is 12.4. The third-order valence-corrected chi connectivity index (χ3v) is 1.75. The van der Waals surface area contributed by atoms with Crippen molar-refractivity contribution in [3.63, 3.8) is 0 Å². The first-order valence-electron chi connectivity index (χ1n) is 3.82. The van der Waals surface area contributed by atoms with E-state index in [1.54, 1.807) is 0 Å². The van der Waals surface area contributed by atoms with E-state index in [1.165, 1.54) is 6.07 Å². The summed E-state index contributed by atoms with van der Waals surface area (Å²) in [6.45, 7) is 0. The summed E-state index contributed by atoms with van der Waals surface area (Å²) in [5.41, 5.74) is -0.137. The molecular formula is C8H4F5N3. The number of nitrogen functional groups attached to an aromatic ring is 1. The molecule has 0 spiro atoms. The van der Waals surface area contributed by atoms with Crippen LogP contribution in [0.1, 0.15) is 23.2 Å². The zero-order valence-corrected chi connectivity index (χ0v) is 7.52. The maximum absolute atomic E-state index is 12.4. The Bertz CT molecular complexity index is 446. The van der Waals surface area contributed by atoms with Crippen LogP contribution in [0.5, 0.6) is 0 Å². The van der Waals surface area contributed by atoms with Crippen LogP contribution in [0.25, 0.3) is 0 Å². The molecule has 0 bridgehead atoms. The molecule has 0 aliphatic rings. The summed E-state index contributed by atoms with van der Waals surface area (Å²) in [7, 11) is 0. The molecule has 1 aromatic heterocycles. The van der Waals surface area contributed by atoms with Gasteiger partial charge in [-0.05, 0) is 0 Å². The van der Waals surface area contributed by atoms with E-state index < -0.39 is 35.1 Å². The lowest BCUT2D eigenvalue weighted by atomic mass is 10.1. The molecule has 2 N–H and O–H groups in total. The van der Waals surface area contributed by atoms with E-state index in [2.05, 4.69) is 4.98 Å². The van der Waals surface area contributed by atoms with Crippen LogP contribution in [-0.2, 0) is 6.18 Å². The van der Waals surface area contributed by atoms with Gasteiger partial charge in [-0.3, -0.25) is 0 Å². The monoisotopic (exact) mass is 237 g/mol. The van der Waals surface area contributed by atoms with E-state index >= 15 is 0 Å². The zero-order chi connectivity index (χ0) is 12.5. The second kappa shape index (κ2) is 3.92. The second-order valence-corrected chi connectivity index (χ2v) is 2.76. The molecule has 0 unspecified atom stereocenters. The van der Waals surface area contributed by atoms with Crippen molar-refractivity contribution in [2.75, 3.05) is 5.73 Å². The number of pyridine rings is 1. The van der Waals surface area contributed by atoms with E-state index in [-0.39, 0.29) is 0 Å². The highest BCUT2D eigenvalue weighted by Gasteiger charge is 2.40. The summed E-state index contributed by atoms with van der Waals surface area (Å²) < 4.78 is 62.2. The molecule has 0 aliphatic heterocycles. The van der Waals surface area contributed by atoms with Crippen molar-refractivity contribution in [3.05, 3.63) is 23.0 Å². The van der Waals surface area contributed by atoms with E-state index in [4.69, 9.17) is 11.0 Å². The SMILES string of the molecule is N#Cc1ncc(N)c(C(F)(F)F)c1C(F)F. The molecule has 0 saturated carbocycles. The summed E-state index contributed by atoms with van der Waals surface area (Å²) in [4.78, 5) is 3.13. The first-order chi connectivity index (χ1) is 7.29. The highest BCUT2D eigenvalue weighted by atomic mass is 19.4. The van der Waals surface area contributed by atoms with Gasteiger partial charge in [0.1, 0.15) is 11.8 Å². The molecule has 0 aromatic carbocycles. The second-order valence-electron chi connectivity index (χ2n) is 2.76. The molecule has 1 aromatic rings. The van der Waals surface area contributed by atoms with Gasteiger partial charge in [-0.25, -0.2) is 13.8 Å². The van der Waals surface area contributed by atoms with E-state index in [0.29, 0.717) is 6.20 Å². The van der Waals surface area contributed by atoms with Crippen molar-refractivity contribution in [2.24, 2.45) is 0 Å². The van der Waals surface area contributed by atoms with Crippen molar-refractivity contribution in [3.8, 4) is 6.07 Å². The highest BCUT2D eigenvalue weighted by Crippen LogP contribution is 2.40. The van der Waals surface area contributed by atoms with Crippen LogP contribution in [0.15, 0.2) is 6.20 Å². The predicted molar refractivity (Wildman–Crippen MR) is 43.3 cm³/mol. The summed E-state index contributed by atoms with van der Waals surface area (Å²) in [5, 5.41) is 8.39. The van der Waals surface area contributed by atoms with Crippen molar-refractivity contribution in [1.29, 1.82) is 5.26 Å². The van der Waals surface area contributed by atoms with Gasteiger partial charge in [-0.2, -0.15) is 18.4 Å². The fourth-order valence-electron chi connectivity index (χ4n) is 1.16. The minimum Gasteiger partial charge on any atom is -0.397 e. The molecule has 0 amide bonds. The Labute approximate surface area is 86.3 Å². The van der Waals surface area contributed by atoms with Gasteiger partial charge in [0, 0.05) is 0 Å². The van der Waals surface area contributed by atoms with Gasteiger partial charge < -0.3 is 5.73 Å². The Balaban J connectivity index is 3.63. The largest absolute Gasteiger partial charge is 0.419 e. The average molecular weight is 237 g/mol. The smallest absolute Gasteiger partial charge is 0.397 e. The lowest BCUT2D eigenvalue weighted by Crippen LogP contribution is -2.15. The fourth-order valence-corrected chi connectivity index (χ4v) is 1.16. The normalized spacial score (nSPS) is 11.6. The van der Waals surface area contributed by atoms with Gasteiger partial charge in [0.05, 0.1) is 23.0 Å². The zero-order valence-electron chi connectivity index (χ0n) is 7.52. The predicted octanol–water partition coefficient (Wildman–Crippen LogP) is 2.49. The van der Waals surface area contributed by atoms with Gasteiger partial charge in [-0.1, -0.05) is 0 Å². The van der Waals surface area contributed by atoms with Crippen molar-refractivity contribution in [1.82, 2.24) is 4.98 Å². The number of aromatic nitrogens is 1. The lowest BCUT2D eigenvalue weighted by Gasteiger charge is -2.15. The van der Waals surface area contributed by atoms with Crippen LogP contribution < -0.4 is 5.73 Å². The molecule has 0 radical (unpaired) electrons. The third kappa shape index (κ3) is 2.03. The van der Waals surface area contributed by atoms with E-state index in [9.17, 15) is 22.0 Å². The highest BCUT2D eigenvalue weighted by molar-refractivity contribution is 5.55. The quantitative estimate of drug-likeness (QED) is 0.763. The molecule has 0 fully saturated rings. The first-order valence-corrected chi connectivity index (χ1v) is 3.82. The maximum Gasteiger partial charge on any atom is 0.419 e. The molecule has 0 saturated heterocycles. The number of nitrogens with zero attached hydrogens (tertiary/aromatic N) is 2. The summed E-state index contributed by atoms with van der Waals surface area (Å²) in [5.74, 6) is 0. The van der Waals surface area contributed by atoms with Gasteiger partial charge in [0.15, 0.2) is 0 Å². The Morgan fingerprint density at radius 3 is 2.31 bits per heavy atom. The number of hydrogen-bond donors (Lipinski definition) is 1. The topological polar surface area (TPSA) is 62.7 Å². The molecular weight excluding hydrogens is 233 g/mol.